The molecule has 5 nitrogen and oxygen atoms in total. The van der Waals surface area contributed by atoms with Gasteiger partial charge in [0.15, 0.2) is 0 Å². The van der Waals surface area contributed by atoms with Crippen molar-refractivity contribution in [3.05, 3.63) is 21.7 Å². The SMILES string of the molecule is CCc1c(N)nc(C2CCCCN2)[nH]c1=O. The molecular weight excluding hydrogens is 204 g/mol. The van der Waals surface area contributed by atoms with E-state index in [2.05, 4.69) is 15.3 Å². The Morgan fingerprint density at radius 1 is 1.50 bits per heavy atom. The highest BCUT2D eigenvalue weighted by molar-refractivity contribution is 5.37. The molecule has 2 heterocycles. The van der Waals surface area contributed by atoms with Crippen molar-refractivity contribution in [2.24, 2.45) is 0 Å². The molecule has 5 heteroatoms. The van der Waals surface area contributed by atoms with Crippen LogP contribution in [0.25, 0.3) is 0 Å². The molecule has 1 fully saturated rings. The predicted octanol–water partition coefficient (Wildman–Crippen LogP) is 0.729. The zero-order chi connectivity index (χ0) is 11.5. The molecule has 88 valence electrons. The Balaban J connectivity index is 2.31. The first-order chi connectivity index (χ1) is 7.72. The maximum Gasteiger partial charge on any atom is 0.256 e. The van der Waals surface area contributed by atoms with Gasteiger partial charge in [0.05, 0.1) is 11.6 Å². The Labute approximate surface area is 94.5 Å². The van der Waals surface area contributed by atoms with Crippen molar-refractivity contribution in [1.29, 1.82) is 0 Å². The molecule has 0 bridgehead atoms. The minimum Gasteiger partial charge on any atom is -0.383 e. The Kier molecular flexibility index (Phi) is 3.24. The summed E-state index contributed by atoms with van der Waals surface area (Å²) in [4.78, 5) is 18.8. The third-order valence-corrected chi connectivity index (χ3v) is 3.06. The van der Waals surface area contributed by atoms with Crippen molar-refractivity contribution in [2.45, 2.75) is 38.6 Å². The highest BCUT2D eigenvalue weighted by Crippen LogP contribution is 2.20. The quantitative estimate of drug-likeness (QED) is 0.688. The number of aromatic amines is 1. The maximum atomic E-state index is 11.7. The zero-order valence-electron chi connectivity index (χ0n) is 9.55. The van der Waals surface area contributed by atoms with Crippen LogP contribution < -0.4 is 16.6 Å². The molecule has 16 heavy (non-hydrogen) atoms. The summed E-state index contributed by atoms with van der Waals surface area (Å²) in [6.07, 6.45) is 3.97. The molecule has 1 aromatic heterocycles. The third-order valence-electron chi connectivity index (χ3n) is 3.06. The van der Waals surface area contributed by atoms with Gasteiger partial charge in [0, 0.05) is 0 Å². The van der Waals surface area contributed by atoms with Gasteiger partial charge in [-0.25, -0.2) is 4.98 Å². The first-order valence-corrected chi connectivity index (χ1v) is 5.84. The molecule has 2 rings (SSSR count). The second-order valence-corrected chi connectivity index (χ2v) is 4.17. The van der Waals surface area contributed by atoms with Gasteiger partial charge in [0.1, 0.15) is 11.6 Å². The fourth-order valence-corrected chi connectivity index (χ4v) is 2.13. The number of nitrogens with two attached hydrogens (primary N) is 1. The molecule has 1 aromatic rings. The lowest BCUT2D eigenvalue weighted by Gasteiger charge is -2.22. The van der Waals surface area contributed by atoms with Crippen molar-refractivity contribution < 1.29 is 0 Å². The second kappa shape index (κ2) is 4.65. The normalized spacial score (nSPS) is 20.9. The minimum atomic E-state index is -0.0997. The molecule has 0 aliphatic carbocycles. The third kappa shape index (κ3) is 2.09. The number of nitrogens with zero attached hydrogens (tertiary/aromatic N) is 1. The van der Waals surface area contributed by atoms with Crippen molar-refractivity contribution in [1.82, 2.24) is 15.3 Å². The van der Waals surface area contributed by atoms with Crippen LogP contribution in [0.4, 0.5) is 5.82 Å². The van der Waals surface area contributed by atoms with E-state index in [0.717, 1.165) is 19.4 Å². The molecule has 0 aromatic carbocycles. The van der Waals surface area contributed by atoms with Crippen LogP contribution in [0.3, 0.4) is 0 Å². The van der Waals surface area contributed by atoms with Crippen molar-refractivity contribution >= 4 is 5.82 Å². The van der Waals surface area contributed by atoms with Gasteiger partial charge < -0.3 is 16.0 Å². The van der Waals surface area contributed by atoms with E-state index in [0.29, 0.717) is 23.6 Å². The predicted molar refractivity (Wildman–Crippen MR) is 63.2 cm³/mol. The molecule has 1 atom stereocenters. The summed E-state index contributed by atoms with van der Waals surface area (Å²) in [5.41, 5.74) is 6.26. The molecular formula is C11H18N4O. The lowest BCUT2D eigenvalue weighted by molar-refractivity contribution is 0.396. The van der Waals surface area contributed by atoms with Gasteiger partial charge in [-0.1, -0.05) is 13.3 Å². The van der Waals surface area contributed by atoms with E-state index in [4.69, 9.17) is 5.73 Å². The standard InChI is InChI=1S/C11H18N4O/c1-2-7-9(12)14-10(15-11(7)16)8-5-3-4-6-13-8/h8,13H,2-6H2,1H3,(H3,12,14,15,16). The zero-order valence-corrected chi connectivity index (χ0v) is 9.55. The Hall–Kier alpha value is -1.36. The number of anilines is 1. The highest BCUT2D eigenvalue weighted by atomic mass is 16.1. The molecule has 1 aliphatic rings. The van der Waals surface area contributed by atoms with Crippen LogP contribution in [0.2, 0.25) is 0 Å². The molecule has 1 saturated heterocycles. The van der Waals surface area contributed by atoms with Gasteiger partial charge in [0.2, 0.25) is 0 Å². The fraction of sp³-hybridized carbons (Fsp3) is 0.636. The Morgan fingerprint density at radius 2 is 2.31 bits per heavy atom. The first kappa shape index (κ1) is 11.1. The lowest BCUT2D eigenvalue weighted by atomic mass is 10.0. The van der Waals surface area contributed by atoms with E-state index in [9.17, 15) is 4.79 Å². The molecule has 0 saturated carbocycles. The van der Waals surface area contributed by atoms with Gasteiger partial charge in [-0.05, 0) is 25.8 Å². The van der Waals surface area contributed by atoms with Crippen molar-refractivity contribution in [3.63, 3.8) is 0 Å². The van der Waals surface area contributed by atoms with Gasteiger partial charge in [0.25, 0.3) is 5.56 Å². The van der Waals surface area contributed by atoms with E-state index in [-0.39, 0.29) is 11.6 Å². The van der Waals surface area contributed by atoms with Gasteiger partial charge in [-0.15, -0.1) is 0 Å². The summed E-state index contributed by atoms with van der Waals surface area (Å²) in [6.45, 7) is 2.88. The lowest BCUT2D eigenvalue weighted by Crippen LogP contribution is -2.31. The van der Waals surface area contributed by atoms with Crippen LogP contribution in [-0.2, 0) is 6.42 Å². The van der Waals surface area contributed by atoms with E-state index in [1.165, 1.54) is 6.42 Å². The van der Waals surface area contributed by atoms with E-state index in [1.54, 1.807) is 0 Å². The van der Waals surface area contributed by atoms with E-state index in [1.807, 2.05) is 6.92 Å². The monoisotopic (exact) mass is 222 g/mol. The molecule has 1 aliphatic heterocycles. The largest absolute Gasteiger partial charge is 0.383 e. The van der Waals surface area contributed by atoms with Crippen molar-refractivity contribution in [3.8, 4) is 0 Å². The number of hydrogen-bond acceptors (Lipinski definition) is 4. The van der Waals surface area contributed by atoms with E-state index < -0.39 is 0 Å². The summed E-state index contributed by atoms with van der Waals surface area (Å²) in [7, 11) is 0. The Morgan fingerprint density at radius 3 is 2.88 bits per heavy atom. The number of nitrogen functional groups attached to an aromatic ring is 1. The average Bonchev–Trinajstić information content (AvgIpc) is 2.30. The first-order valence-electron chi connectivity index (χ1n) is 5.84. The van der Waals surface area contributed by atoms with Crippen LogP contribution in [0.15, 0.2) is 4.79 Å². The Bertz CT molecular complexity index is 420. The van der Waals surface area contributed by atoms with Gasteiger partial charge in [-0.2, -0.15) is 0 Å². The maximum absolute atomic E-state index is 11.7. The topological polar surface area (TPSA) is 83.8 Å². The number of hydrogen-bond donors (Lipinski definition) is 3. The number of piperidine rings is 1. The average molecular weight is 222 g/mol. The summed E-state index contributed by atoms with van der Waals surface area (Å²) in [5, 5.41) is 3.34. The molecule has 0 spiro atoms. The van der Waals surface area contributed by atoms with E-state index >= 15 is 0 Å². The summed E-state index contributed by atoms with van der Waals surface area (Å²) >= 11 is 0. The van der Waals surface area contributed by atoms with Gasteiger partial charge in [-0.3, -0.25) is 4.79 Å². The molecule has 0 radical (unpaired) electrons. The smallest absolute Gasteiger partial charge is 0.256 e. The van der Waals surface area contributed by atoms with Crippen LogP contribution in [0, 0.1) is 0 Å². The number of H-pyrrole nitrogens is 1. The van der Waals surface area contributed by atoms with Crippen LogP contribution >= 0.6 is 0 Å². The highest BCUT2D eigenvalue weighted by Gasteiger charge is 2.18. The molecule has 4 N–H and O–H groups in total. The summed E-state index contributed by atoms with van der Waals surface area (Å²) < 4.78 is 0. The number of nitrogens with one attached hydrogen (secondary N) is 2. The molecule has 1 unspecified atom stereocenters. The number of aromatic nitrogens is 2. The van der Waals surface area contributed by atoms with Crippen LogP contribution in [0.5, 0.6) is 0 Å². The second-order valence-electron chi connectivity index (χ2n) is 4.17. The van der Waals surface area contributed by atoms with Crippen LogP contribution in [-0.4, -0.2) is 16.5 Å². The minimum absolute atomic E-state index is 0.0997. The van der Waals surface area contributed by atoms with Crippen LogP contribution in [0.1, 0.15) is 43.6 Å². The molecule has 0 amide bonds. The van der Waals surface area contributed by atoms with Crippen molar-refractivity contribution in [2.75, 3.05) is 12.3 Å². The summed E-state index contributed by atoms with van der Waals surface area (Å²) in [5.74, 6) is 1.05. The fourth-order valence-electron chi connectivity index (χ4n) is 2.13. The number of rotatable bonds is 2. The summed E-state index contributed by atoms with van der Waals surface area (Å²) in [6, 6.07) is 0.148. The van der Waals surface area contributed by atoms with Gasteiger partial charge >= 0.3 is 0 Å².